The maximum absolute atomic E-state index is 12.6. The molecule has 1 aromatic rings. The van der Waals surface area contributed by atoms with Crippen molar-refractivity contribution in [3.8, 4) is 0 Å². The SMILES string of the molecule is CC(C)Cc1cc(C(=O)N2CCN([C@@H]3COC[C@@H](O)[C@H]3O)CC2)on1. The third kappa shape index (κ3) is 4.20. The van der Waals surface area contributed by atoms with Gasteiger partial charge in [0.05, 0.1) is 31.1 Å². The minimum Gasteiger partial charge on any atom is -0.389 e. The topological polar surface area (TPSA) is 99.3 Å². The van der Waals surface area contributed by atoms with E-state index in [-0.39, 0.29) is 24.3 Å². The molecule has 3 rings (SSSR count). The molecule has 8 nitrogen and oxygen atoms in total. The van der Waals surface area contributed by atoms with Gasteiger partial charge in [0.15, 0.2) is 0 Å². The van der Waals surface area contributed by atoms with Crippen LogP contribution in [0.25, 0.3) is 0 Å². The molecule has 2 N–H and O–H groups in total. The van der Waals surface area contributed by atoms with Crippen LogP contribution >= 0.6 is 0 Å². The molecule has 140 valence electrons. The smallest absolute Gasteiger partial charge is 0.292 e. The number of nitrogens with zero attached hydrogens (tertiary/aromatic N) is 3. The molecule has 8 heteroatoms. The molecule has 2 aliphatic rings. The fourth-order valence-electron chi connectivity index (χ4n) is 3.42. The van der Waals surface area contributed by atoms with Gasteiger partial charge in [-0.05, 0) is 12.3 Å². The van der Waals surface area contributed by atoms with E-state index in [1.807, 2.05) is 0 Å². The number of rotatable bonds is 4. The van der Waals surface area contributed by atoms with Gasteiger partial charge in [0.2, 0.25) is 5.76 Å². The summed E-state index contributed by atoms with van der Waals surface area (Å²) >= 11 is 0. The zero-order chi connectivity index (χ0) is 18.0. The van der Waals surface area contributed by atoms with Crippen LogP contribution in [0.5, 0.6) is 0 Å². The lowest BCUT2D eigenvalue weighted by molar-refractivity contribution is -0.136. The molecule has 2 fully saturated rings. The van der Waals surface area contributed by atoms with Crippen LogP contribution in [-0.4, -0.2) is 88.7 Å². The molecule has 0 unspecified atom stereocenters. The van der Waals surface area contributed by atoms with Crippen LogP contribution in [0, 0.1) is 5.92 Å². The molecule has 0 radical (unpaired) electrons. The van der Waals surface area contributed by atoms with Crippen LogP contribution in [0.15, 0.2) is 10.6 Å². The predicted octanol–water partition coefficient (Wildman–Crippen LogP) is -0.248. The first-order valence-corrected chi connectivity index (χ1v) is 8.88. The standard InChI is InChI=1S/C17H27N3O5/c1-11(2)7-12-8-15(25-18-12)17(23)20-5-3-19(4-6-20)13-9-24-10-14(21)16(13)22/h8,11,13-14,16,21-22H,3-7,9-10H2,1-2H3/t13-,14-,16+/m1/s1. The lowest BCUT2D eigenvalue weighted by Crippen LogP contribution is -2.60. The Morgan fingerprint density at radius 1 is 1.28 bits per heavy atom. The number of carbonyl (C=O) groups is 1. The maximum Gasteiger partial charge on any atom is 0.292 e. The van der Waals surface area contributed by atoms with E-state index in [2.05, 4.69) is 23.9 Å². The van der Waals surface area contributed by atoms with Crippen molar-refractivity contribution in [2.45, 2.75) is 38.5 Å². The normalized spacial score (nSPS) is 28.5. The summed E-state index contributed by atoms with van der Waals surface area (Å²) in [7, 11) is 0. The summed E-state index contributed by atoms with van der Waals surface area (Å²) in [6, 6.07) is 1.49. The van der Waals surface area contributed by atoms with E-state index in [4.69, 9.17) is 9.26 Å². The van der Waals surface area contributed by atoms with Crippen LogP contribution in [-0.2, 0) is 11.2 Å². The van der Waals surface area contributed by atoms with Gasteiger partial charge in [-0.2, -0.15) is 0 Å². The second-order valence-corrected chi connectivity index (χ2v) is 7.27. The summed E-state index contributed by atoms with van der Waals surface area (Å²) in [5, 5.41) is 23.9. The monoisotopic (exact) mass is 353 g/mol. The minimum absolute atomic E-state index is 0.150. The number of aliphatic hydroxyl groups is 2. The van der Waals surface area contributed by atoms with E-state index in [0.717, 1.165) is 12.1 Å². The summed E-state index contributed by atoms with van der Waals surface area (Å²) < 4.78 is 10.5. The Kier molecular flexibility index (Phi) is 5.73. The van der Waals surface area contributed by atoms with E-state index in [1.165, 1.54) is 0 Å². The zero-order valence-electron chi connectivity index (χ0n) is 14.8. The Labute approximate surface area is 147 Å². The maximum atomic E-state index is 12.6. The first kappa shape index (κ1) is 18.3. The molecule has 0 aliphatic carbocycles. The first-order valence-electron chi connectivity index (χ1n) is 8.88. The molecule has 0 aromatic carbocycles. The van der Waals surface area contributed by atoms with Crippen molar-refractivity contribution < 1.29 is 24.3 Å². The Hall–Kier alpha value is -1.48. The molecule has 2 aliphatic heterocycles. The van der Waals surface area contributed by atoms with Crippen LogP contribution in [0.2, 0.25) is 0 Å². The van der Waals surface area contributed by atoms with Crippen molar-refractivity contribution >= 4 is 5.91 Å². The molecule has 2 saturated heterocycles. The third-order valence-electron chi connectivity index (χ3n) is 4.82. The van der Waals surface area contributed by atoms with E-state index in [1.54, 1.807) is 11.0 Å². The zero-order valence-corrected chi connectivity index (χ0v) is 14.8. The van der Waals surface area contributed by atoms with Crippen molar-refractivity contribution in [3.05, 3.63) is 17.5 Å². The minimum atomic E-state index is -0.855. The van der Waals surface area contributed by atoms with Gasteiger partial charge in [-0.25, -0.2) is 0 Å². The molecule has 25 heavy (non-hydrogen) atoms. The van der Waals surface area contributed by atoms with Gasteiger partial charge in [0.1, 0.15) is 6.10 Å². The lowest BCUT2D eigenvalue weighted by Gasteiger charge is -2.43. The van der Waals surface area contributed by atoms with Gasteiger partial charge in [-0.15, -0.1) is 0 Å². The average Bonchev–Trinajstić information content (AvgIpc) is 3.04. The summed E-state index contributed by atoms with van der Waals surface area (Å²) in [6.45, 7) is 7.07. The molecule has 0 saturated carbocycles. The van der Waals surface area contributed by atoms with Gasteiger partial charge in [0.25, 0.3) is 5.91 Å². The van der Waals surface area contributed by atoms with Crippen LogP contribution in [0.1, 0.15) is 30.1 Å². The highest BCUT2D eigenvalue weighted by molar-refractivity contribution is 5.91. The number of hydrogen-bond donors (Lipinski definition) is 2. The van der Waals surface area contributed by atoms with Gasteiger partial charge in [0, 0.05) is 32.2 Å². The number of amides is 1. The second-order valence-electron chi connectivity index (χ2n) is 7.27. The summed E-state index contributed by atoms with van der Waals surface area (Å²) in [4.78, 5) is 16.4. The third-order valence-corrected chi connectivity index (χ3v) is 4.82. The van der Waals surface area contributed by atoms with Crippen LogP contribution < -0.4 is 0 Å². The molecular weight excluding hydrogens is 326 g/mol. The Morgan fingerprint density at radius 3 is 2.68 bits per heavy atom. The fraction of sp³-hybridized carbons (Fsp3) is 0.765. The fourth-order valence-corrected chi connectivity index (χ4v) is 3.42. The van der Waals surface area contributed by atoms with Crippen LogP contribution in [0.4, 0.5) is 0 Å². The number of piperazine rings is 1. The number of hydrogen-bond acceptors (Lipinski definition) is 7. The van der Waals surface area contributed by atoms with Crippen molar-refractivity contribution in [1.29, 1.82) is 0 Å². The van der Waals surface area contributed by atoms with E-state index in [0.29, 0.717) is 38.7 Å². The average molecular weight is 353 g/mol. The molecule has 3 heterocycles. The first-order chi connectivity index (χ1) is 12.0. The van der Waals surface area contributed by atoms with E-state index < -0.39 is 12.2 Å². The Morgan fingerprint density at radius 2 is 2.00 bits per heavy atom. The van der Waals surface area contributed by atoms with Crippen molar-refractivity contribution in [1.82, 2.24) is 15.0 Å². The highest BCUT2D eigenvalue weighted by atomic mass is 16.5. The molecule has 1 amide bonds. The number of aliphatic hydroxyl groups excluding tert-OH is 2. The van der Waals surface area contributed by atoms with Gasteiger partial charge in [-0.1, -0.05) is 19.0 Å². The van der Waals surface area contributed by atoms with Crippen LogP contribution in [0.3, 0.4) is 0 Å². The predicted molar refractivity (Wildman–Crippen MR) is 89.1 cm³/mol. The molecular formula is C17H27N3O5. The number of carbonyl (C=O) groups excluding carboxylic acids is 1. The summed E-state index contributed by atoms with van der Waals surface area (Å²) in [5.74, 6) is 0.583. The van der Waals surface area contributed by atoms with Gasteiger partial charge in [-0.3, -0.25) is 9.69 Å². The molecule has 3 atom stereocenters. The summed E-state index contributed by atoms with van der Waals surface area (Å²) in [5.41, 5.74) is 0.799. The Bertz CT molecular complexity index is 583. The van der Waals surface area contributed by atoms with E-state index in [9.17, 15) is 15.0 Å². The molecule has 1 aromatic heterocycles. The second kappa shape index (κ2) is 7.82. The number of aromatic nitrogens is 1. The quantitative estimate of drug-likeness (QED) is 0.770. The summed E-state index contributed by atoms with van der Waals surface area (Å²) in [6.07, 6.45) is -0.886. The highest BCUT2D eigenvalue weighted by Gasteiger charge is 2.37. The largest absolute Gasteiger partial charge is 0.389 e. The van der Waals surface area contributed by atoms with Crippen molar-refractivity contribution in [3.63, 3.8) is 0 Å². The van der Waals surface area contributed by atoms with Gasteiger partial charge < -0.3 is 24.4 Å². The Balaban J connectivity index is 1.55. The molecule has 0 bridgehead atoms. The highest BCUT2D eigenvalue weighted by Crippen LogP contribution is 2.18. The lowest BCUT2D eigenvalue weighted by atomic mass is 10.0. The van der Waals surface area contributed by atoms with Crippen molar-refractivity contribution in [2.24, 2.45) is 5.92 Å². The van der Waals surface area contributed by atoms with Crippen molar-refractivity contribution in [2.75, 3.05) is 39.4 Å². The number of ether oxygens (including phenoxy) is 1. The van der Waals surface area contributed by atoms with E-state index >= 15 is 0 Å². The molecule has 0 spiro atoms. The van der Waals surface area contributed by atoms with Gasteiger partial charge >= 0.3 is 0 Å².